The summed E-state index contributed by atoms with van der Waals surface area (Å²) in [5, 5.41) is 20.5. The molecule has 4 aliphatic carbocycles. The third-order valence-corrected chi connectivity index (χ3v) is 11.8. The monoisotopic (exact) mass is 473 g/mol. The van der Waals surface area contributed by atoms with E-state index in [1.165, 1.54) is 6.42 Å². The van der Waals surface area contributed by atoms with Gasteiger partial charge in [-0.2, -0.15) is 13.2 Å². The molecule has 0 amide bonds. The van der Waals surface area contributed by atoms with Crippen LogP contribution in [0.1, 0.15) is 105 Å². The summed E-state index contributed by atoms with van der Waals surface area (Å²) in [6.07, 6.45) is 3.43. The molecule has 3 nitrogen and oxygen atoms in total. The van der Waals surface area contributed by atoms with E-state index in [0.29, 0.717) is 36.5 Å². The zero-order valence-corrected chi connectivity index (χ0v) is 21.1. The Bertz CT molecular complexity index is 731. The Kier molecular flexibility index (Phi) is 6.53. The molecule has 0 aliphatic heterocycles. The maximum atomic E-state index is 12.8. The molecule has 10 atom stereocenters. The van der Waals surface area contributed by atoms with E-state index in [2.05, 4.69) is 27.7 Å². The van der Waals surface area contributed by atoms with Gasteiger partial charge in [0, 0.05) is 5.54 Å². The quantitative estimate of drug-likeness (QED) is 0.445. The second-order valence-electron chi connectivity index (χ2n) is 13.1. The van der Waals surface area contributed by atoms with Gasteiger partial charge in [-0.1, -0.05) is 27.7 Å². The number of alkyl halides is 3. The van der Waals surface area contributed by atoms with E-state index in [4.69, 9.17) is 5.73 Å². The van der Waals surface area contributed by atoms with Crippen molar-refractivity contribution in [3.63, 3.8) is 0 Å². The Morgan fingerprint density at radius 3 is 2.30 bits per heavy atom. The van der Waals surface area contributed by atoms with Crippen LogP contribution < -0.4 is 5.73 Å². The van der Waals surface area contributed by atoms with E-state index in [9.17, 15) is 23.4 Å². The topological polar surface area (TPSA) is 66.5 Å². The van der Waals surface area contributed by atoms with Crippen LogP contribution in [0, 0.1) is 40.4 Å². The van der Waals surface area contributed by atoms with Crippen LogP contribution >= 0.6 is 0 Å². The standard InChI is InChI=1S/C27H46F3NO2/c1-5-25(33)15-14-24(4)21-11-12-23(3)19(17(2)6-9-22(32)27(28,29)30)7-8-20(23)18(21)10-13-26(24,31)16-25/h17-22,32-33H,5-16,31H2,1-4H3/t17-,18+,19-,20+,21+,22-,23-,24-,25+,26+/m1/s1. The number of hydrogen-bond donors (Lipinski definition) is 3. The summed E-state index contributed by atoms with van der Waals surface area (Å²) >= 11 is 0. The van der Waals surface area contributed by atoms with Crippen molar-refractivity contribution in [1.29, 1.82) is 0 Å². The van der Waals surface area contributed by atoms with Crippen LogP contribution in [0.4, 0.5) is 13.2 Å². The third kappa shape index (κ3) is 4.08. The van der Waals surface area contributed by atoms with Crippen molar-refractivity contribution in [3.8, 4) is 0 Å². The molecule has 4 saturated carbocycles. The predicted octanol–water partition coefficient (Wildman–Crippen LogP) is 6.21. The Labute approximate surface area is 198 Å². The van der Waals surface area contributed by atoms with Crippen molar-refractivity contribution in [2.75, 3.05) is 0 Å². The summed E-state index contributed by atoms with van der Waals surface area (Å²) in [4.78, 5) is 0. The van der Waals surface area contributed by atoms with Gasteiger partial charge < -0.3 is 15.9 Å². The van der Waals surface area contributed by atoms with E-state index in [0.717, 1.165) is 51.4 Å². The lowest BCUT2D eigenvalue weighted by molar-refractivity contribution is -0.206. The van der Waals surface area contributed by atoms with Gasteiger partial charge in [-0.3, -0.25) is 0 Å². The number of rotatable bonds is 5. The minimum Gasteiger partial charge on any atom is -0.390 e. The normalized spacial score (nSPS) is 49.6. The van der Waals surface area contributed by atoms with Crippen LogP contribution in [-0.2, 0) is 0 Å². The Balaban J connectivity index is 1.48. The lowest BCUT2D eigenvalue weighted by atomic mass is 9.41. The van der Waals surface area contributed by atoms with Gasteiger partial charge in [0.1, 0.15) is 6.10 Å². The fourth-order valence-electron chi connectivity index (χ4n) is 9.52. The molecule has 6 heteroatoms. The minimum absolute atomic E-state index is 0.0547. The summed E-state index contributed by atoms with van der Waals surface area (Å²) in [6.45, 7) is 8.98. The molecular weight excluding hydrogens is 427 g/mol. The van der Waals surface area contributed by atoms with E-state index >= 15 is 0 Å². The first-order chi connectivity index (χ1) is 15.2. The van der Waals surface area contributed by atoms with E-state index in [-0.39, 0.29) is 28.7 Å². The van der Waals surface area contributed by atoms with Gasteiger partial charge >= 0.3 is 6.18 Å². The summed E-state index contributed by atoms with van der Waals surface area (Å²) < 4.78 is 38.4. The molecule has 192 valence electrons. The average molecular weight is 474 g/mol. The number of aliphatic hydroxyl groups excluding tert-OH is 1. The van der Waals surface area contributed by atoms with Gasteiger partial charge in [-0.15, -0.1) is 0 Å². The van der Waals surface area contributed by atoms with Crippen LogP contribution in [0.25, 0.3) is 0 Å². The van der Waals surface area contributed by atoms with Gasteiger partial charge in [0.05, 0.1) is 5.60 Å². The Morgan fingerprint density at radius 2 is 1.67 bits per heavy atom. The first-order valence-corrected chi connectivity index (χ1v) is 13.5. The maximum Gasteiger partial charge on any atom is 0.414 e. The molecule has 0 aromatic heterocycles. The number of aliphatic hydroxyl groups is 2. The molecule has 0 saturated heterocycles. The SMILES string of the molecule is CC[C@]1(O)CC[C@]2(C)[C@H]3CC[C@]4(C)[C@@H]([C@H](C)CC[C@@H](O)C(F)(F)F)CC[C@H]4[C@@H]3CC[C@]2(N)C1. The zero-order chi connectivity index (χ0) is 24.4. The van der Waals surface area contributed by atoms with E-state index < -0.39 is 17.9 Å². The molecule has 0 unspecified atom stereocenters. The zero-order valence-electron chi connectivity index (χ0n) is 21.1. The minimum atomic E-state index is -4.52. The lowest BCUT2D eigenvalue weighted by Crippen LogP contribution is -2.68. The number of halogens is 3. The van der Waals surface area contributed by atoms with Crippen LogP contribution in [0.5, 0.6) is 0 Å². The first kappa shape index (κ1) is 25.8. The van der Waals surface area contributed by atoms with Crippen LogP contribution in [0.2, 0.25) is 0 Å². The van der Waals surface area contributed by atoms with Crippen LogP contribution in [-0.4, -0.2) is 33.6 Å². The fourth-order valence-corrected chi connectivity index (χ4v) is 9.52. The molecule has 4 fully saturated rings. The second kappa shape index (κ2) is 8.37. The van der Waals surface area contributed by atoms with Gasteiger partial charge in [-0.05, 0) is 117 Å². The second-order valence-corrected chi connectivity index (χ2v) is 13.1. The molecule has 0 aromatic rings. The van der Waals surface area contributed by atoms with Crippen LogP contribution in [0.3, 0.4) is 0 Å². The predicted molar refractivity (Wildman–Crippen MR) is 124 cm³/mol. The van der Waals surface area contributed by atoms with Gasteiger partial charge in [0.2, 0.25) is 0 Å². The first-order valence-electron chi connectivity index (χ1n) is 13.5. The number of fused-ring (bicyclic) bond motifs is 5. The largest absolute Gasteiger partial charge is 0.414 e. The van der Waals surface area contributed by atoms with E-state index in [1.54, 1.807) is 0 Å². The maximum absolute atomic E-state index is 12.8. The van der Waals surface area contributed by atoms with Crippen molar-refractivity contribution < 1.29 is 23.4 Å². The molecule has 4 rings (SSSR count). The molecule has 4 aliphatic rings. The summed E-state index contributed by atoms with van der Waals surface area (Å²) in [5.41, 5.74) is 6.43. The fraction of sp³-hybridized carbons (Fsp3) is 1.00. The Hall–Kier alpha value is -0.330. The van der Waals surface area contributed by atoms with Crippen molar-refractivity contribution in [2.45, 2.75) is 128 Å². The molecule has 0 heterocycles. The third-order valence-electron chi connectivity index (χ3n) is 11.8. The number of nitrogens with two attached hydrogens (primary N) is 1. The van der Waals surface area contributed by atoms with Gasteiger partial charge in [0.15, 0.2) is 0 Å². The molecular formula is C27H46F3NO2. The van der Waals surface area contributed by atoms with Crippen molar-refractivity contribution in [1.82, 2.24) is 0 Å². The summed E-state index contributed by atoms with van der Waals surface area (Å²) in [7, 11) is 0. The Morgan fingerprint density at radius 1 is 0.970 bits per heavy atom. The molecule has 33 heavy (non-hydrogen) atoms. The molecule has 0 radical (unpaired) electrons. The highest BCUT2D eigenvalue weighted by Crippen LogP contribution is 2.69. The van der Waals surface area contributed by atoms with Crippen molar-refractivity contribution >= 4 is 0 Å². The van der Waals surface area contributed by atoms with Gasteiger partial charge in [-0.25, -0.2) is 0 Å². The van der Waals surface area contributed by atoms with Gasteiger partial charge in [0.25, 0.3) is 0 Å². The smallest absolute Gasteiger partial charge is 0.390 e. The van der Waals surface area contributed by atoms with Crippen molar-refractivity contribution in [3.05, 3.63) is 0 Å². The molecule has 4 N–H and O–H groups in total. The van der Waals surface area contributed by atoms with Crippen molar-refractivity contribution in [2.24, 2.45) is 46.2 Å². The lowest BCUT2D eigenvalue weighted by Gasteiger charge is -2.66. The summed E-state index contributed by atoms with van der Waals surface area (Å²) in [6, 6.07) is 0. The summed E-state index contributed by atoms with van der Waals surface area (Å²) in [5.74, 6) is 2.45. The highest BCUT2D eigenvalue weighted by Gasteiger charge is 2.65. The van der Waals surface area contributed by atoms with Crippen LogP contribution in [0.15, 0.2) is 0 Å². The molecule has 0 aromatic carbocycles. The van der Waals surface area contributed by atoms with E-state index in [1.807, 2.05) is 0 Å². The average Bonchev–Trinajstić information content (AvgIpc) is 3.09. The highest BCUT2D eigenvalue weighted by atomic mass is 19.4. The molecule has 0 spiro atoms. The number of hydrogen-bond acceptors (Lipinski definition) is 3. The highest BCUT2D eigenvalue weighted by molar-refractivity contribution is 5.17. The molecule has 0 bridgehead atoms.